The Balaban J connectivity index is 1.73. The molecule has 150 valence electrons. The van der Waals surface area contributed by atoms with Crippen LogP contribution in [0.4, 0.5) is 5.69 Å². The van der Waals surface area contributed by atoms with Crippen LogP contribution < -0.4 is 5.32 Å². The molecule has 4 nitrogen and oxygen atoms in total. The van der Waals surface area contributed by atoms with Crippen LogP contribution in [-0.2, 0) is 4.79 Å². The molecule has 0 saturated heterocycles. The predicted molar refractivity (Wildman–Crippen MR) is 121 cm³/mol. The highest BCUT2D eigenvalue weighted by atomic mass is 32.1. The van der Waals surface area contributed by atoms with Crippen molar-refractivity contribution >= 4 is 28.8 Å². The zero-order valence-corrected chi connectivity index (χ0v) is 18.3. The van der Waals surface area contributed by atoms with Crippen molar-refractivity contribution < 1.29 is 9.59 Å². The molecule has 29 heavy (non-hydrogen) atoms. The largest absolute Gasteiger partial charge is 0.332 e. The Morgan fingerprint density at radius 2 is 1.55 bits per heavy atom. The SMILES string of the molecule is Cc1ccc(-c2ccsc2C(=O)N(C)CC(=O)Nc2c(C)cc(C)cc2C)cc1. The summed E-state index contributed by atoms with van der Waals surface area (Å²) in [6.07, 6.45) is 0. The van der Waals surface area contributed by atoms with Gasteiger partial charge in [-0.05, 0) is 55.8 Å². The fraction of sp³-hybridized carbons (Fsp3) is 0.250. The number of likely N-dealkylation sites (N-methyl/N-ethyl adjacent to an activating group) is 1. The molecule has 3 rings (SSSR count). The maximum Gasteiger partial charge on any atom is 0.264 e. The van der Waals surface area contributed by atoms with E-state index in [-0.39, 0.29) is 18.4 Å². The minimum atomic E-state index is -0.204. The number of hydrogen-bond donors (Lipinski definition) is 1. The van der Waals surface area contributed by atoms with Gasteiger partial charge in [-0.3, -0.25) is 9.59 Å². The molecule has 0 radical (unpaired) electrons. The number of carbonyl (C=O) groups is 2. The van der Waals surface area contributed by atoms with Crippen LogP contribution in [0, 0.1) is 27.7 Å². The number of thiophene rings is 1. The van der Waals surface area contributed by atoms with E-state index in [2.05, 4.69) is 5.32 Å². The fourth-order valence-corrected chi connectivity index (χ4v) is 4.36. The fourth-order valence-electron chi connectivity index (χ4n) is 3.45. The first-order chi connectivity index (χ1) is 13.8. The van der Waals surface area contributed by atoms with E-state index in [0.717, 1.165) is 33.5 Å². The molecule has 0 spiro atoms. The minimum Gasteiger partial charge on any atom is -0.332 e. The van der Waals surface area contributed by atoms with Crippen molar-refractivity contribution in [2.24, 2.45) is 0 Å². The quantitative estimate of drug-likeness (QED) is 0.620. The van der Waals surface area contributed by atoms with E-state index >= 15 is 0 Å². The summed E-state index contributed by atoms with van der Waals surface area (Å²) in [6, 6.07) is 14.1. The summed E-state index contributed by atoms with van der Waals surface area (Å²) in [7, 11) is 1.66. The third kappa shape index (κ3) is 4.74. The van der Waals surface area contributed by atoms with Crippen molar-refractivity contribution in [3.8, 4) is 11.1 Å². The molecule has 5 heteroatoms. The van der Waals surface area contributed by atoms with Crippen LogP contribution in [0.5, 0.6) is 0 Å². The number of aryl methyl sites for hydroxylation is 4. The molecule has 1 heterocycles. The smallest absolute Gasteiger partial charge is 0.264 e. The zero-order valence-electron chi connectivity index (χ0n) is 17.5. The van der Waals surface area contributed by atoms with Gasteiger partial charge in [-0.15, -0.1) is 11.3 Å². The van der Waals surface area contributed by atoms with E-state index in [9.17, 15) is 9.59 Å². The molecule has 2 amide bonds. The van der Waals surface area contributed by atoms with Crippen LogP contribution >= 0.6 is 11.3 Å². The lowest BCUT2D eigenvalue weighted by Gasteiger charge is -2.18. The standard InChI is InChI=1S/C24H26N2O2S/c1-15-6-8-19(9-7-15)20-10-11-29-23(20)24(28)26(5)14-21(27)25-22-17(3)12-16(2)13-18(22)4/h6-13H,14H2,1-5H3,(H,25,27). The highest BCUT2D eigenvalue weighted by molar-refractivity contribution is 7.12. The van der Waals surface area contributed by atoms with Gasteiger partial charge in [0.25, 0.3) is 5.91 Å². The van der Waals surface area contributed by atoms with Gasteiger partial charge in [-0.25, -0.2) is 0 Å². The van der Waals surface area contributed by atoms with Crippen LogP contribution in [0.3, 0.4) is 0 Å². The van der Waals surface area contributed by atoms with E-state index in [0.29, 0.717) is 4.88 Å². The molecule has 0 aliphatic heterocycles. The molecule has 0 bridgehead atoms. The van der Waals surface area contributed by atoms with E-state index in [1.54, 1.807) is 7.05 Å². The monoisotopic (exact) mass is 406 g/mol. The number of benzene rings is 2. The molecular formula is C24H26N2O2S. The molecule has 0 aliphatic carbocycles. The van der Waals surface area contributed by atoms with Gasteiger partial charge in [0.15, 0.2) is 0 Å². The van der Waals surface area contributed by atoms with Gasteiger partial charge in [0.05, 0.1) is 11.4 Å². The summed E-state index contributed by atoms with van der Waals surface area (Å²) in [5.74, 6) is -0.354. The average Bonchev–Trinajstić information content (AvgIpc) is 3.14. The van der Waals surface area contributed by atoms with E-state index in [1.807, 2.05) is 75.5 Å². The second-order valence-electron chi connectivity index (χ2n) is 7.51. The maximum absolute atomic E-state index is 13.0. The molecule has 0 aliphatic rings. The summed E-state index contributed by atoms with van der Waals surface area (Å²) >= 11 is 1.40. The second kappa shape index (κ2) is 8.62. The first kappa shape index (κ1) is 20.8. The van der Waals surface area contributed by atoms with Crippen molar-refractivity contribution in [1.29, 1.82) is 0 Å². The van der Waals surface area contributed by atoms with Crippen molar-refractivity contribution in [1.82, 2.24) is 4.90 Å². The molecule has 2 aromatic carbocycles. The lowest BCUT2D eigenvalue weighted by molar-refractivity contribution is -0.116. The normalized spacial score (nSPS) is 10.7. The Hall–Kier alpha value is -2.92. The summed E-state index contributed by atoms with van der Waals surface area (Å²) in [5.41, 5.74) is 7.09. The van der Waals surface area contributed by atoms with Gasteiger partial charge in [0.1, 0.15) is 0 Å². The molecule has 0 saturated carbocycles. The summed E-state index contributed by atoms with van der Waals surface area (Å²) in [6.45, 7) is 8.02. The van der Waals surface area contributed by atoms with Crippen LogP contribution in [0.1, 0.15) is 31.9 Å². The van der Waals surface area contributed by atoms with Gasteiger partial charge in [0, 0.05) is 18.3 Å². The third-order valence-corrected chi connectivity index (χ3v) is 5.79. The van der Waals surface area contributed by atoms with Crippen LogP contribution in [-0.4, -0.2) is 30.3 Å². The van der Waals surface area contributed by atoms with Gasteiger partial charge in [-0.1, -0.05) is 47.5 Å². The lowest BCUT2D eigenvalue weighted by Crippen LogP contribution is -2.35. The minimum absolute atomic E-state index is 0.00315. The second-order valence-corrected chi connectivity index (χ2v) is 8.43. The number of nitrogens with zero attached hydrogens (tertiary/aromatic N) is 1. The Kier molecular flexibility index (Phi) is 6.18. The number of carbonyl (C=O) groups excluding carboxylic acids is 2. The lowest BCUT2D eigenvalue weighted by atomic mass is 10.0. The van der Waals surface area contributed by atoms with Gasteiger partial charge in [-0.2, -0.15) is 0 Å². The molecule has 1 N–H and O–H groups in total. The zero-order chi connectivity index (χ0) is 21.1. The highest BCUT2D eigenvalue weighted by Crippen LogP contribution is 2.29. The Labute approximate surface area is 176 Å². The van der Waals surface area contributed by atoms with Gasteiger partial charge < -0.3 is 10.2 Å². The summed E-state index contributed by atoms with van der Waals surface area (Å²) in [5, 5.41) is 4.87. The van der Waals surface area contributed by atoms with E-state index in [1.165, 1.54) is 21.8 Å². The van der Waals surface area contributed by atoms with Crippen molar-refractivity contribution in [2.45, 2.75) is 27.7 Å². The molecule has 3 aromatic rings. The van der Waals surface area contributed by atoms with Crippen LogP contribution in [0.25, 0.3) is 11.1 Å². The summed E-state index contributed by atoms with van der Waals surface area (Å²) < 4.78 is 0. The first-order valence-electron chi connectivity index (χ1n) is 9.54. The third-order valence-electron chi connectivity index (χ3n) is 4.89. The first-order valence-corrected chi connectivity index (χ1v) is 10.4. The van der Waals surface area contributed by atoms with Crippen molar-refractivity contribution in [3.63, 3.8) is 0 Å². The number of hydrogen-bond acceptors (Lipinski definition) is 3. The number of rotatable bonds is 5. The Morgan fingerprint density at radius 1 is 0.931 bits per heavy atom. The summed E-state index contributed by atoms with van der Waals surface area (Å²) in [4.78, 5) is 27.7. The van der Waals surface area contributed by atoms with Crippen LogP contribution in [0.2, 0.25) is 0 Å². The molecule has 0 unspecified atom stereocenters. The van der Waals surface area contributed by atoms with E-state index in [4.69, 9.17) is 0 Å². The van der Waals surface area contributed by atoms with E-state index < -0.39 is 0 Å². The number of nitrogens with one attached hydrogen (secondary N) is 1. The maximum atomic E-state index is 13.0. The average molecular weight is 407 g/mol. The van der Waals surface area contributed by atoms with Crippen molar-refractivity contribution in [3.05, 3.63) is 75.0 Å². The predicted octanol–water partition coefficient (Wildman–Crippen LogP) is 5.36. The van der Waals surface area contributed by atoms with Crippen molar-refractivity contribution in [2.75, 3.05) is 18.9 Å². The molecule has 0 fully saturated rings. The molecule has 1 aromatic heterocycles. The van der Waals surface area contributed by atoms with Crippen LogP contribution in [0.15, 0.2) is 47.8 Å². The van der Waals surface area contributed by atoms with Gasteiger partial charge >= 0.3 is 0 Å². The van der Waals surface area contributed by atoms with Gasteiger partial charge in [0.2, 0.25) is 5.91 Å². The highest BCUT2D eigenvalue weighted by Gasteiger charge is 2.20. The Morgan fingerprint density at radius 3 is 2.17 bits per heavy atom. The Bertz CT molecular complexity index is 1030. The molecular weight excluding hydrogens is 380 g/mol. The number of amides is 2. The number of anilines is 1. The molecule has 0 atom stereocenters. The topological polar surface area (TPSA) is 49.4 Å².